The average molecular weight is 183 g/mol. The van der Waals surface area contributed by atoms with Crippen LogP contribution in [0.4, 0.5) is 0 Å². The van der Waals surface area contributed by atoms with Crippen LogP contribution in [0.3, 0.4) is 0 Å². The highest BCUT2D eigenvalue weighted by atomic mass is 16.5. The van der Waals surface area contributed by atoms with Crippen molar-refractivity contribution < 1.29 is 9.53 Å². The lowest BCUT2D eigenvalue weighted by molar-refractivity contribution is -0.124. The average Bonchev–Trinajstić information content (AvgIpc) is 2.84. The maximum absolute atomic E-state index is 11.5. The normalized spacial score (nSPS) is 38.4. The molecule has 2 aliphatic rings. The van der Waals surface area contributed by atoms with Crippen LogP contribution in [-0.4, -0.2) is 25.2 Å². The molecule has 0 aromatic rings. The van der Waals surface area contributed by atoms with Crippen LogP contribution in [0.25, 0.3) is 0 Å². The first-order valence-corrected chi connectivity index (χ1v) is 5.15. The zero-order valence-electron chi connectivity index (χ0n) is 8.08. The van der Waals surface area contributed by atoms with Gasteiger partial charge in [-0.1, -0.05) is 6.92 Å². The fourth-order valence-corrected chi connectivity index (χ4v) is 1.85. The number of hydrogen-bond acceptors (Lipinski definition) is 2. The topological polar surface area (TPSA) is 38.3 Å². The van der Waals surface area contributed by atoms with Crippen molar-refractivity contribution >= 4 is 5.91 Å². The lowest BCUT2D eigenvalue weighted by atomic mass is 10.1. The third-order valence-corrected chi connectivity index (χ3v) is 2.95. The molecule has 0 unspecified atom stereocenters. The van der Waals surface area contributed by atoms with E-state index in [-0.39, 0.29) is 11.9 Å². The Kier molecular flexibility index (Phi) is 2.54. The molecule has 1 saturated carbocycles. The molecular formula is C10H17NO2. The van der Waals surface area contributed by atoms with Crippen molar-refractivity contribution in [1.82, 2.24) is 5.32 Å². The lowest BCUT2D eigenvalue weighted by Gasteiger charge is -2.23. The van der Waals surface area contributed by atoms with E-state index in [9.17, 15) is 4.79 Å². The number of carbonyl (C=O) groups is 1. The Bertz CT molecular complexity index is 199. The van der Waals surface area contributed by atoms with Crippen molar-refractivity contribution in [2.75, 3.05) is 13.2 Å². The maximum Gasteiger partial charge on any atom is 0.223 e. The van der Waals surface area contributed by atoms with Gasteiger partial charge in [0.05, 0.1) is 12.6 Å². The van der Waals surface area contributed by atoms with Crippen LogP contribution in [0.5, 0.6) is 0 Å². The molecule has 74 valence electrons. The van der Waals surface area contributed by atoms with Gasteiger partial charge in [-0.3, -0.25) is 4.79 Å². The van der Waals surface area contributed by atoms with Crippen LogP contribution in [0, 0.1) is 11.8 Å². The van der Waals surface area contributed by atoms with Gasteiger partial charge in [-0.15, -0.1) is 0 Å². The van der Waals surface area contributed by atoms with Crippen molar-refractivity contribution in [3.05, 3.63) is 0 Å². The molecule has 0 bridgehead atoms. The summed E-state index contributed by atoms with van der Waals surface area (Å²) in [4.78, 5) is 11.5. The van der Waals surface area contributed by atoms with Gasteiger partial charge in [-0.2, -0.15) is 0 Å². The predicted molar refractivity (Wildman–Crippen MR) is 49.3 cm³/mol. The first-order valence-electron chi connectivity index (χ1n) is 5.15. The maximum atomic E-state index is 11.5. The zero-order valence-corrected chi connectivity index (χ0v) is 8.08. The monoisotopic (exact) mass is 183 g/mol. The minimum atomic E-state index is 0.239. The summed E-state index contributed by atoms with van der Waals surface area (Å²) in [6.07, 6.45) is 3.22. The fourth-order valence-electron chi connectivity index (χ4n) is 1.85. The Morgan fingerprint density at radius 3 is 2.85 bits per heavy atom. The largest absolute Gasteiger partial charge is 0.379 e. The van der Waals surface area contributed by atoms with E-state index in [1.807, 2.05) is 0 Å². The summed E-state index contributed by atoms with van der Waals surface area (Å²) >= 11 is 0. The summed E-state index contributed by atoms with van der Waals surface area (Å²) in [5.74, 6) is 1.13. The van der Waals surface area contributed by atoms with Gasteiger partial charge < -0.3 is 10.1 Å². The van der Waals surface area contributed by atoms with Crippen molar-refractivity contribution in [1.29, 1.82) is 0 Å². The van der Waals surface area contributed by atoms with E-state index in [2.05, 4.69) is 12.2 Å². The van der Waals surface area contributed by atoms with Gasteiger partial charge in [0.2, 0.25) is 5.91 Å². The molecule has 2 fully saturated rings. The second kappa shape index (κ2) is 3.66. The number of hydrogen-bond donors (Lipinski definition) is 1. The molecule has 0 spiro atoms. The molecule has 1 N–H and O–H groups in total. The third-order valence-electron chi connectivity index (χ3n) is 2.95. The summed E-state index contributed by atoms with van der Waals surface area (Å²) in [6, 6.07) is 0.272. The van der Waals surface area contributed by atoms with Gasteiger partial charge >= 0.3 is 0 Å². The Morgan fingerprint density at radius 1 is 1.54 bits per heavy atom. The standard InChI is InChI=1S/C10H17NO2/c1-7-5-9(7)10(12)11-8-3-2-4-13-6-8/h7-9H,2-6H2,1H3,(H,11,12)/t7-,8-,9-/m1/s1. The molecule has 3 heteroatoms. The highest BCUT2D eigenvalue weighted by molar-refractivity contribution is 5.81. The molecule has 0 aromatic heterocycles. The first-order chi connectivity index (χ1) is 6.27. The molecular weight excluding hydrogens is 166 g/mol. The summed E-state index contributed by atoms with van der Waals surface area (Å²) in [6.45, 7) is 3.68. The van der Waals surface area contributed by atoms with E-state index >= 15 is 0 Å². The Hall–Kier alpha value is -0.570. The lowest BCUT2D eigenvalue weighted by Crippen LogP contribution is -2.41. The number of amides is 1. The minimum Gasteiger partial charge on any atom is -0.379 e. The van der Waals surface area contributed by atoms with E-state index in [0.29, 0.717) is 18.4 Å². The van der Waals surface area contributed by atoms with Crippen LogP contribution in [0.2, 0.25) is 0 Å². The molecule has 1 heterocycles. The molecule has 3 atom stereocenters. The van der Waals surface area contributed by atoms with E-state index in [4.69, 9.17) is 4.74 Å². The van der Waals surface area contributed by atoms with E-state index < -0.39 is 0 Å². The van der Waals surface area contributed by atoms with Crippen molar-refractivity contribution in [3.63, 3.8) is 0 Å². The van der Waals surface area contributed by atoms with Gasteiger partial charge in [-0.05, 0) is 25.2 Å². The molecule has 1 aliphatic heterocycles. The predicted octanol–water partition coefficient (Wildman–Crippen LogP) is 0.938. The molecule has 1 amide bonds. The molecule has 2 rings (SSSR count). The summed E-state index contributed by atoms with van der Waals surface area (Å²) in [5, 5.41) is 3.05. The second-order valence-electron chi connectivity index (χ2n) is 4.24. The molecule has 1 saturated heterocycles. The molecule has 1 aliphatic carbocycles. The van der Waals surface area contributed by atoms with E-state index in [1.165, 1.54) is 0 Å². The van der Waals surface area contributed by atoms with Crippen LogP contribution >= 0.6 is 0 Å². The SMILES string of the molecule is C[C@@H]1C[C@H]1C(=O)N[C@@H]1CCCOC1. The molecule has 0 aromatic carbocycles. The van der Waals surface area contributed by atoms with Crippen LogP contribution in [-0.2, 0) is 9.53 Å². The number of ether oxygens (including phenoxy) is 1. The number of rotatable bonds is 2. The molecule has 3 nitrogen and oxygen atoms in total. The van der Waals surface area contributed by atoms with Gasteiger partial charge in [0.1, 0.15) is 0 Å². The summed E-state index contributed by atoms with van der Waals surface area (Å²) < 4.78 is 5.30. The van der Waals surface area contributed by atoms with Crippen LogP contribution < -0.4 is 5.32 Å². The Balaban J connectivity index is 1.73. The van der Waals surface area contributed by atoms with Crippen molar-refractivity contribution in [2.45, 2.75) is 32.2 Å². The molecule has 0 radical (unpaired) electrons. The minimum absolute atomic E-state index is 0.239. The van der Waals surface area contributed by atoms with Crippen LogP contribution in [0.15, 0.2) is 0 Å². The Morgan fingerprint density at radius 2 is 2.31 bits per heavy atom. The summed E-state index contributed by atoms with van der Waals surface area (Å²) in [7, 11) is 0. The van der Waals surface area contributed by atoms with Crippen molar-refractivity contribution in [3.8, 4) is 0 Å². The van der Waals surface area contributed by atoms with Gasteiger partial charge in [-0.25, -0.2) is 0 Å². The van der Waals surface area contributed by atoms with Gasteiger partial charge in [0.15, 0.2) is 0 Å². The fraction of sp³-hybridized carbons (Fsp3) is 0.900. The van der Waals surface area contributed by atoms with Crippen LogP contribution in [0.1, 0.15) is 26.2 Å². The number of nitrogens with one attached hydrogen (secondary N) is 1. The van der Waals surface area contributed by atoms with Crippen molar-refractivity contribution in [2.24, 2.45) is 11.8 Å². The Labute approximate surface area is 78.8 Å². The van der Waals surface area contributed by atoms with E-state index in [1.54, 1.807) is 0 Å². The zero-order chi connectivity index (χ0) is 9.26. The third kappa shape index (κ3) is 2.21. The highest BCUT2D eigenvalue weighted by Crippen LogP contribution is 2.37. The molecule has 13 heavy (non-hydrogen) atoms. The highest BCUT2D eigenvalue weighted by Gasteiger charge is 2.39. The van der Waals surface area contributed by atoms with Gasteiger partial charge in [0, 0.05) is 12.5 Å². The quantitative estimate of drug-likeness (QED) is 0.692. The number of carbonyl (C=O) groups excluding carboxylic acids is 1. The first kappa shape index (κ1) is 9.00. The summed E-state index contributed by atoms with van der Waals surface area (Å²) in [5.41, 5.74) is 0. The second-order valence-corrected chi connectivity index (χ2v) is 4.24. The van der Waals surface area contributed by atoms with E-state index in [0.717, 1.165) is 25.9 Å². The smallest absolute Gasteiger partial charge is 0.223 e. The van der Waals surface area contributed by atoms with Gasteiger partial charge in [0.25, 0.3) is 0 Å².